The first-order valence-electron chi connectivity index (χ1n) is 14.3. The van der Waals surface area contributed by atoms with Crippen LogP contribution in [0, 0.1) is 56.7 Å². The molecular formula is C31H52O2. The second kappa shape index (κ2) is 7.34. The fourth-order valence-corrected chi connectivity index (χ4v) is 11.9. The standard InChI is InChI=1S/C31H52O2/c1-19(2)21-11-16-31(20(3)32)18-17-29(7)22(26(21)31)9-10-24-28(6)14-13-25(33)27(4,5)23(28)12-15-30(24,29)8/h20-26,32-33H,1,9-18H2,2-8H3/t20?,21?,22?,23?,24?,25-,26?,28-,29+,30+,31+/m0/s1. The summed E-state index contributed by atoms with van der Waals surface area (Å²) in [5.41, 5.74) is 2.52. The van der Waals surface area contributed by atoms with Crippen molar-refractivity contribution in [3.8, 4) is 0 Å². The second-order valence-electron chi connectivity index (χ2n) is 15.0. The Morgan fingerprint density at radius 3 is 2.15 bits per heavy atom. The van der Waals surface area contributed by atoms with Crippen molar-refractivity contribution in [2.45, 2.75) is 125 Å². The molecule has 5 aliphatic rings. The summed E-state index contributed by atoms with van der Waals surface area (Å²) in [4.78, 5) is 0. The minimum Gasteiger partial charge on any atom is -0.393 e. The van der Waals surface area contributed by atoms with E-state index in [1.54, 1.807) is 0 Å². The van der Waals surface area contributed by atoms with E-state index in [9.17, 15) is 10.2 Å². The predicted molar refractivity (Wildman–Crippen MR) is 137 cm³/mol. The smallest absolute Gasteiger partial charge is 0.0594 e. The molecule has 0 aromatic heterocycles. The number of fused-ring (bicyclic) bond motifs is 7. The molecule has 188 valence electrons. The third-order valence-corrected chi connectivity index (χ3v) is 13.9. The van der Waals surface area contributed by atoms with Gasteiger partial charge in [-0.2, -0.15) is 0 Å². The lowest BCUT2D eigenvalue weighted by Gasteiger charge is -2.73. The van der Waals surface area contributed by atoms with Gasteiger partial charge in [0.15, 0.2) is 0 Å². The molecule has 0 aliphatic heterocycles. The lowest BCUT2D eigenvalue weighted by atomic mass is 9.32. The van der Waals surface area contributed by atoms with Crippen LogP contribution in [-0.4, -0.2) is 22.4 Å². The van der Waals surface area contributed by atoms with Crippen LogP contribution in [0.25, 0.3) is 0 Å². The van der Waals surface area contributed by atoms with Crippen molar-refractivity contribution in [3.63, 3.8) is 0 Å². The van der Waals surface area contributed by atoms with E-state index in [0.29, 0.717) is 39.9 Å². The van der Waals surface area contributed by atoms with E-state index in [0.717, 1.165) is 12.3 Å². The van der Waals surface area contributed by atoms with Crippen LogP contribution in [0.1, 0.15) is 113 Å². The van der Waals surface area contributed by atoms with E-state index >= 15 is 0 Å². The average Bonchev–Trinajstić information content (AvgIpc) is 3.13. The molecule has 5 saturated carbocycles. The van der Waals surface area contributed by atoms with Gasteiger partial charge in [-0.25, -0.2) is 0 Å². The normalized spacial score (nSPS) is 56.2. The van der Waals surface area contributed by atoms with E-state index in [2.05, 4.69) is 55.0 Å². The highest BCUT2D eigenvalue weighted by molar-refractivity contribution is 5.22. The summed E-state index contributed by atoms with van der Waals surface area (Å²) >= 11 is 0. The number of aliphatic hydroxyl groups is 2. The lowest BCUT2D eigenvalue weighted by Crippen LogP contribution is -2.67. The Kier molecular flexibility index (Phi) is 5.42. The number of rotatable bonds is 2. The summed E-state index contributed by atoms with van der Waals surface area (Å²) in [6, 6.07) is 0. The molecule has 2 nitrogen and oxygen atoms in total. The zero-order chi connectivity index (χ0) is 24.2. The molecule has 2 heteroatoms. The molecule has 0 bridgehead atoms. The van der Waals surface area contributed by atoms with Gasteiger partial charge in [-0.3, -0.25) is 0 Å². The topological polar surface area (TPSA) is 40.5 Å². The van der Waals surface area contributed by atoms with Crippen LogP contribution >= 0.6 is 0 Å². The highest BCUT2D eigenvalue weighted by Crippen LogP contribution is 2.77. The van der Waals surface area contributed by atoms with Gasteiger partial charge in [0.2, 0.25) is 0 Å². The largest absolute Gasteiger partial charge is 0.393 e. The Bertz CT molecular complexity index is 814. The predicted octanol–water partition coefficient (Wildman–Crippen LogP) is 7.39. The van der Waals surface area contributed by atoms with Crippen LogP contribution in [0.5, 0.6) is 0 Å². The summed E-state index contributed by atoms with van der Waals surface area (Å²) in [6.45, 7) is 21.5. The fraction of sp³-hybridized carbons (Fsp3) is 0.935. The molecule has 2 N–H and O–H groups in total. The van der Waals surface area contributed by atoms with Crippen LogP contribution < -0.4 is 0 Å². The molecule has 11 atom stereocenters. The zero-order valence-electron chi connectivity index (χ0n) is 22.7. The second-order valence-corrected chi connectivity index (χ2v) is 15.0. The highest BCUT2D eigenvalue weighted by Gasteiger charge is 2.71. The first-order valence-corrected chi connectivity index (χ1v) is 14.3. The Hall–Kier alpha value is -0.340. The van der Waals surface area contributed by atoms with Crippen LogP contribution in [0.3, 0.4) is 0 Å². The lowest BCUT2D eigenvalue weighted by molar-refractivity contribution is -0.252. The van der Waals surface area contributed by atoms with Gasteiger partial charge in [-0.15, -0.1) is 0 Å². The minimum atomic E-state index is -0.212. The molecule has 0 saturated heterocycles. The summed E-state index contributed by atoms with van der Waals surface area (Å²) in [7, 11) is 0. The fourth-order valence-electron chi connectivity index (χ4n) is 11.9. The summed E-state index contributed by atoms with van der Waals surface area (Å²) in [5, 5.41) is 22.1. The molecule has 33 heavy (non-hydrogen) atoms. The maximum atomic E-state index is 11.1. The van der Waals surface area contributed by atoms with Crippen molar-refractivity contribution in [1.82, 2.24) is 0 Å². The quantitative estimate of drug-likeness (QED) is 0.425. The van der Waals surface area contributed by atoms with E-state index in [-0.39, 0.29) is 23.0 Å². The average molecular weight is 457 g/mol. The van der Waals surface area contributed by atoms with Crippen molar-refractivity contribution in [1.29, 1.82) is 0 Å². The van der Waals surface area contributed by atoms with Crippen LogP contribution in [0.15, 0.2) is 12.2 Å². The SMILES string of the molecule is C=C(C)C1CC[C@]2(C(C)O)CC[C@]3(C)C(CCC4[C@@]5(C)CC[C@H](O)C(C)(C)C5CC[C@]43C)C12. The van der Waals surface area contributed by atoms with E-state index < -0.39 is 0 Å². The van der Waals surface area contributed by atoms with Crippen molar-refractivity contribution in [3.05, 3.63) is 12.2 Å². The van der Waals surface area contributed by atoms with E-state index in [4.69, 9.17) is 0 Å². The Balaban J connectivity index is 1.56. The van der Waals surface area contributed by atoms with Crippen LogP contribution in [0.2, 0.25) is 0 Å². The first-order chi connectivity index (χ1) is 15.3. The van der Waals surface area contributed by atoms with Crippen molar-refractivity contribution in [2.75, 3.05) is 0 Å². The molecule has 0 radical (unpaired) electrons. The molecule has 5 rings (SSSR count). The van der Waals surface area contributed by atoms with Crippen molar-refractivity contribution in [2.24, 2.45) is 56.7 Å². The summed E-state index contributed by atoms with van der Waals surface area (Å²) in [5.74, 6) is 3.26. The molecule has 6 unspecified atom stereocenters. The van der Waals surface area contributed by atoms with Gasteiger partial charge in [-0.05, 0) is 135 Å². The van der Waals surface area contributed by atoms with Crippen LogP contribution in [0.4, 0.5) is 0 Å². The van der Waals surface area contributed by atoms with Gasteiger partial charge in [0.25, 0.3) is 0 Å². The van der Waals surface area contributed by atoms with Crippen molar-refractivity contribution < 1.29 is 10.2 Å². The maximum absolute atomic E-state index is 11.1. The van der Waals surface area contributed by atoms with Gasteiger partial charge in [-0.1, -0.05) is 46.8 Å². The third kappa shape index (κ3) is 2.86. The molecule has 5 aliphatic carbocycles. The number of hydrogen-bond acceptors (Lipinski definition) is 2. The Labute approximate surface area is 204 Å². The number of aliphatic hydroxyl groups excluding tert-OH is 2. The van der Waals surface area contributed by atoms with E-state index in [1.807, 2.05) is 0 Å². The van der Waals surface area contributed by atoms with E-state index in [1.165, 1.54) is 63.4 Å². The van der Waals surface area contributed by atoms with Gasteiger partial charge >= 0.3 is 0 Å². The Morgan fingerprint density at radius 2 is 1.52 bits per heavy atom. The van der Waals surface area contributed by atoms with Gasteiger partial charge < -0.3 is 10.2 Å². The molecular weight excluding hydrogens is 404 g/mol. The number of allylic oxidation sites excluding steroid dienone is 1. The van der Waals surface area contributed by atoms with Gasteiger partial charge in [0.1, 0.15) is 0 Å². The minimum absolute atomic E-state index is 0.0244. The maximum Gasteiger partial charge on any atom is 0.0594 e. The van der Waals surface area contributed by atoms with Gasteiger partial charge in [0, 0.05) is 0 Å². The van der Waals surface area contributed by atoms with Crippen LogP contribution in [-0.2, 0) is 0 Å². The molecule has 5 fully saturated rings. The first kappa shape index (κ1) is 24.4. The monoisotopic (exact) mass is 456 g/mol. The Morgan fingerprint density at radius 1 is 0.818 bits per heavy atom. The third-order valence-electron chi connectivity index (χ3n) is 13.9. The number of hydrogen-bond donors (Lipinski definition) is 2. The van der Waals surface area contributed by atoms with Gasteiger partial charge in [0.05, 0.1) is 12.2 Å². The molecule has 0 aromatic carbocycles. The zero-order valence-corrected chi connectivity index (χ0v) is 22.7. The molecule has 0 aromatic rings. The molecule has 0 spiro atoms. The van der Waals surface area contributed by atoms with Crippen molar-refractivity contribution >= 4 is 0 Å². The highest BCUT2D eigenvalue weighted by atomic mass is 16.3. The summed E-state index contributed by atoms with van der Waals surface area (Å²) in [6.07, 6.45) is 11.9. The summed E-state index contributed by atoms with van der Waals surface area (Å²) < 4.78 is 0. The molecule has 0 heterocycles. The molecule has 0 amide bonds.